The number of carbonyl (C=O) groups is 1. The molecule has 0 aliphatic carbocycles. The molecule has 6 heteroatoms. The summed E-state index contributed by atoms with van der Waals surface area (Å²) in [6.07, 6.45) is 13.4. The monoisotopic (exact) mass is 415 g/mol. The fraction of sp³-hybridized carbons (Fsp3) is 0.583. The molecule has 1 aliphatic heterocycles. The van der Waals surface area contributed by atoms with E-state index in [0.29, 0.717) is 5.82 Å². The van der Waals surface area contributed by atoms with Crippen molar-refractivity contribution in [2.45, 2.75) is 65.8 Å². The highest BCUT2D eigenvalue weighted by molar-refractivity contribution is 5.91. The lowest BCUT2D eigenvalue weighted by molar-refractivity contribution is -0.115. The topological polar surface area (TPSA) is 85.0 Å². The Balaban J connectivity index is 0.000000300. The van der Waals surface area contributed by atoms with Crippen LogP contribution >= 0.6 is 0 Å². The summed E-state index contributed by atoms with van der Waals surface area (Å²) in [5.41, 5.74) is 7.48. The summed E-state index contributed by atoms with van der Waals surface area (Å²) >= 11 is 0. The minimum Gasteiger partial charge on any atom is -0.322 e. The largest absolute Gasteiger partial charge is 0.322 e. The number of anilines is 1. The summed E-state index contributed by atoms with van der Waals surface area (Å²) in [6.45, 7) is 16.3. The van der Waals surface area contributed by atoms with Gasteiger partial charge in [0.05, 0.1) is 17.8 Å². The van der Waals surface area contributed by atoms with Crippen LogP contribution in [0.15, 0.2) is 42.5 Å². The lowest BCUT2D eigenvalue weighted by Gasteiger charge is -2.22. The number of aromatic nitrogens is 2. The molecule has 0 aromatic carbocycles. The Morgan fingerprint density at radius 3 is 2.77 bits per heavy atom. The molecule has 2 heterocycles. The lowest BCUT2D eigenvalue weighted by atomic mass is 9.92. The van der Waals surface area contributed by atoms with Crippen LogP contribution in [-0.4, -0.2) is 35.3 Å². The highest BCUT2D eigenvalue weighted by Gasteiger charge is 2.19. The van der Waals surface area contributed by atoms with Gasteiger partial charge in [-0.1, -0.05) is 29.9 Å². The molecular weight excluding hydrogens is 374 g/mol. The number of nitrogens with two attached hydrogens (primary N) is 1. The molecule has 0 bridgehead atoms. The lowest BCUT2D eigenvalue weighted by Crippen LogP contribution is -2.29. The number of allylic oxidation sites excluding steroid dienone is 5. The number of amides is 1. The molecule has 1 aromatic rings. The Morgan fingerprint density at radius 1 is 1.40 bits per heavy atom. The zero-order valence-electron chi connectivity index (χ0n) is 19.5. The normalized spacial score (nSPS) is 17.8. The third-order valence-electron chi connectivity index (χ3n) is 4.94. The van der Waals surface area contributed by atoms with Gasteiger partial charge in [0.15, 0.2) is 0 Å². The highest BCUT2D eigenvalue weighted by Crippen LogP contribution is 2.22. The van der Waals surface area contributed by atoms with Gasteiger partial charge in [-0.25, -0.2) is 4.68 Å². The molecule has 2 rings (SSSR count). The minimum absolute atomic E-state index is 0.0195. The van der Waals surface area contributed by atoms with Gasteiger partial charge in [-0.15, -0.1) is 6.58 Å². The maximum atomic E-state index is 11.2. The standard InChI is InChI=1S/C14H23N.C10H18N4O/c1-3-4-5-6-8-13(2)14-9-7-11-15-12-10-14;1-7-5-8(12-9(15)6-11)14(13-7)10(2,3)4/h3,5-6,8,14-15H,1,4,7,9-12H2,2H3;5H,6,11H2,1-4H3,(H,12,15)/b6-5?,13-8+;. The molecular formula is C24H41N5O. The van der Waals surface area contributed by atoms with E-state index >= 15 is 0 Å². The summed E-state index contributed by atoms with van der Waals surface area (Å²) in [5, 5.41) is 10.5. The predicted molar refractivity (Wildman–Crippen MR) is 128 cm³/mol. The molecule has 6 nitrogen and oxygen atoms in total. The first-order valence-corrected chi connectivity index (χ1v) is 10.9. The molecule has 0 saturated carbocycles. The SMILES string of the molecule is C=CCC=C/C=C(\C)C1CCCNCC1.Cc1cc(NC(=O)CN)n(C(C)(C)C)n1. The Labute approximate surface area is 182 Å². The summed E-state index contributed by atoms with van der Waals surface area (Å²) in [4.78, 5) is 11.2. The van der Waals surface area contributed by atoms with Gasteiger partial charge in [-0.05, 0) is 79.3 Å². The molecule has 1 aromatic heterocycles. The van der Waals surface area contributed by atoms with E-state index in [4.69, 9.17) is 5.73 Å². The molecule has 1 fully saturated rings. The molecule has 1 unspecified atom stereocenters. The van der Waals surface area contributed by atoms with Crippen molar-refractivity contribution in [2.24, 2.45) is 11.7 Å². The van der Waals surface area contributed by atoms with Crippen LogP contribution in [0.5, 0.6) is 0 Å². The van der Waals surface area contributed by atoms with Crippen molar-refractivity contribution >= 4 is 11.7 Å². The van der Waals surface area contributed by atoms with Gasteiger partial charge in [-0.3, -0.25) is 4.79 Å². The predicted octanol–water partition coefficient (Wildman–Crippen LogP) is 4.30. The van der Waals surface area contributed by atoms with E-state index in [-0.39, 0.29) is 18.0 Å². The van der Waals surface area contributed by atoms with Gasteiger partial charge in [0, 0.05) is 6.07 Å². The van der Waals surface area contributed by atoms with Gasteiger partial charge < -0.3 is 16.4 Å². The molecule has 30 heavy (non-hydrogen) atoms. The third kappa shape index (κ3) is 9.55. The van der Waals surface area contributed by atoms with E-state index in [0.717, 1.165) is 18.0 Å². The van der Waals surface area contributed by atoms with Crippen LogP contribution in [0, 0.1) is 12.8 Å². The average molecular weight is 416 g/mol. The van der Waals surface area contributed by atoms with Gasteiger partial charge >= 0.3 is 0 Å². The molecule has 0 radical (unpaired) electrons. The maximum absolute atomic E-state index is 11.2. The average Bonchev–Trinajstić information content (AvgIpc) is 2.90. The van der Waals surface area contributed by atoms with Crippen molar-refractivity contribution < 1.29 is 4.79 Å². The van der Waals surface area contributed by atoms with E-state index in [9.17, 15) is 4.79 Å². The summed E-state index contributed by atoms with van der Waals surface area (Å²) in [6, 6.07) is 1.83. The quantitative estimate of drug-likeness (QED) is 0.478. The van der Waals surface area contributed by atoms with E-state index in [1.165, 1.54) is 37.9 Å². The van der Waals surface area contributed by atoms with E-state index < -0.39 is 0 Å². The fourth-order valence-corrected chi connectivity index (χ4v) is 3.30. The molecule has 1 saturated heterocycles. The summed E-state index contributed by atoms with van der Waals surface area (Å²) in [5.74, 6) is 1.27. The second-order valence-corrected chi connectivity index (χ2v) is 8.75. The Morgan fingerprint density at radius 2 is 2.13 bits per heavy atom. The van der Waals surface area contributed by atoms with Crippen molar-refractivity contribution in [1.82, 2.24) is 15.1 Å². The molecule has 0 spiro atoms. The maximum Gasteiger partial charge on any atom is 0.239 e. The van der Waals surface area contributed by atoms with Crippen LogP contribution in [0.25, 0.3) is 0 Å². The van der Waals surface area contributed by atoms with Crippen molar-refractivity contribution in [3.8, 4) is 0 Å². The Hall–Kier alpha value is -2.18. The first-order chi connectivity index (χ1) is 14.2. The molecule has 168 valence electrons. The number of aryl methyl sites for hydroxylation is 1. The van der Waals surface area contributed by atoms with Crippen LogP contribution in [0.4, 0.5) is 5.82 Å². The molecule has 4 N–H and O–H groups in total. The van der Waals surface area contributed by atoms with Crippen molar-refractivity contribution in [2.75, 3.05) is 25.0 Å². The van der Waals surface area contributed by atoms with Crippen LogP contribution in [-0.2, 0) is 10.3 Å². The number of rotatable bonds is 6. The first-order valence-electron chi connectivity index (χ1n) is 10.9. The van der Waals surface area contributed by atoms with Crippen molar-refractivity contribution in [3.63, 3.8) is 0 Å². The van der Waals surface area contributed by atoms with E-state index in [1.54, 1.807) is 4.68 Å². The van der Waals surface area contributed by atoms with Gasteiger partial charge in [0.2, 0.25) is 5.91 Å². The number of nitrogens with one attached hydrogen (secondary N) is 2. The van der Waals surface area contributed by atoms with Crippen LogP contribution in [0.1, 0.15) is 59.1 Å². The summed E-state index contributed by atoms with van der Waals surface area (Å²) in [7, 11) is 0. The van der Waals surface area contributed by atoms with E-state index in [1.807, 2.05) is 39.8 Å². The fourth-order valence-electron chi connectivity index (χ4n) is 3.30. The summed E-state index contributed by atoms with van der Waals surface area (Å²) < 4.78 is 1.79. The van der Waals surface area contributed by atoms with Gasteiger partial charge in [0.25, 0.3) is 0 Å². The Bertz CT molecular complexity index is 716. The first kappa shape index (κ1) is 25.9. The number of nitrogens with zero attached hydrogens (tertiary/aromatic N) is 2. The smallest absolute Gasteiger partial charge is 0.239 e. The Kier molecular flexibility index (Phi) is 11.4. The number of carbonyl (C=O) groups excluding carboxylic acids is 1. The number of hydrogen-bond donors (Lipinski definition) is 3. The van der Waals surface area contributed by atoms with Crippen molar-refractivity contribution in [3.05, 3.63) is 48.2 Å². The third-order valence-corrected chi connectivity index (χ3v) is 4.94. The van der Waals surface area contributed by atoms with Crippen LogP contribution < -0.4 is 16.4 Å². The second kappa shape index (κ2) is 13.2. The molecule has 1 amide bonds. The zero-order chi connectivity index (χ0) is 22.6. The number of hydrogen-bond acceptors (Lipinski definition) is 4. The minimum atomic E-state index is -0.208. The van der Waals surface area contributed by atoms with E-state index in [2.05, 4.69) is 47.5 Å². The van der Waals surface area contributed by atoms with Gasteiger partial charge in [-0.2, -0.15) is 5.10 Å². The van der Waals surface area contributed by atoms with Crippen LogP contribution in [0.2, 0.25) is 0 Å². The van der Waals surface area contributed by atoms with Gasteiger partial charge in [0.1, 0.15) is 5.82 Å². The van der Waals surface area contributed by atoms with Crippen molar-refractivity contribution in [1.29, 1.82) is 0 Å². The van der Waals surface area contributed by atoms with Crippen LogP contribution in [0.3, 0.4) is 0 Å². The molecule has 1 atom stereocenters. The molecule has 1 aliphatic rings. The second-order valence-electron chi connectivity index (χ2n) is 8.75. The zero-order valence-corrected chi connectivity index (χ0v) is 19.5. The highest BCUT2D eigenvalue weighted by atomic mass is 16.1.